The highest BCUT2D eigenvalue weighted by Crippen LogP contribution is 2.41. The summed E-state index contributed by atoms with van der Waals surface area (Å²) in [5, 5.41) is 10.1. The summed E-state index contributed by atoms with van der Waals surface area (Å²) in [6.45, 7) is 2.44. The highest BCUT2D eigenvalue weighted by molar-refractivity contribution is 7.09. The first-order chi connectivity index (χ1) is 7.81. The van der Waals surface area contributed by atoms with E-state index < -0.39 is 0 Å². The van der Waals surface area contributed by atoms with Crippen LogP contribution in [0.5, 0.6) is 0 Å². The van der Waals surface area contributed by atoms with Crippen molar-refractivity contribution in [1.29, 1.82) is 0 Å². The average molecular weight is 236 g/mol. The zero-order chi connectivity index (χ0) is 11.0. The normalized spacial score (nSPS) is 15.3. The molecule has 2 aromatic heterocycles. The lowest BCUT2D eigenvalue weighted by atomic mass is 10.4. The van der Waals surface area contributed by atoms with Crippen LogP contribution >= 0.6 is 11.3 Å². The van der Waals surface area contributed by atoms with Crippen molar-refractivity contribution in [2.24, 2.45) is 0 Å². The highest BCUT2D eigenvalue weighted by atomic mass is 32.1. The lowest BCUT2D eigenvalue weighted by Crippen LogP contribution is -2.00. The second-order valence-electron chi connectivity index (χ2n) is 3.95. The molecule has 0 bridgehead atoms. The fourth-order valence-corrected chi connectivity index (χ4v) is 2.45. The Morgan fingerprint density at radius 1 is 1.50 bits per heavy atom. The van der Waals surface area contributed by atoms with Crippen molar-refractivity contribution in [3.63, 3.8) is 0 Å². The summed E-state index contributed by atoms with van der Waals surface area (Å²) in [5.74, 6) is 1.36. The Balaban J connectivity index is 1.61. The molecule has 1 aliphatic rings. The molecule has 2 heterocycles. The molecule has 0 aliphatic heterocycles. The van der Waals surface area contributed by atoms with E-state index in [1.807, 2.05) is 0 Å². The molecule has 0 radical (unpaired) electrons. The van der Waals surface area contributed by atoms with Gasteiger partial charge in [0.05, 0.1) is 17.2 Å². The monoisotopic (exact) mass is 236 g/mol. The van der Waals surface area contributed by atoms with E-state index in [0.717, 1.165) is 11.6 Å². The standard InChI is InChI=1S/C10H12N4OS/c1-6-12-10(15-14-6)11-4-8-5-16-9(13-8)7-2-3-7/h5,7H,2-4H2,1H3,(H,11,12,14). The van der Waals surface area contributed by atoms with Crippen molar-refractivity contribution in [3.05, 3.63) is 21.9 Å². The van der Waals surface area contributed by atoms with E-state index in [0.29, 0.717) is 18.4 Å². The minimum absolute atomic E-state index is 0.457. The summed E-state index contributed by atoms with van der Waals surface area (Å²) in [6.07, 6.45) is 2.59. The van der Waals surface area contributed by atoms with Crippen molar-refractivity contribution in [3.8, 4) is 0 Å². The molecule has 0 unspecified atom stereocenters. The van der Waals surface area contributed by atoms with Gasteiger partial charge in [0.15, 0.2) is 5.82 Å². The number of hydrogen-bond donors (Lipinski definition) is 1. The zero-order valence-electron chi connectivity index (χ0n) is 8.93. The molecule has 1 fully saturated rings. The number of rotatable bonds is 4. The zero-order valence-corrected chi connectivity index (χ0v) is 9.75. The summed E-state index contributed by atoms with van der Waals surface area (Å²) in [7, 11) is 0. The van der Waals surface area contributed by atoms with Gasteiger partial charge in [0.1, 0.15) is 0 Å². The molecule has 0 spiro atoms. The molecule has 1 aliphatic carbocycles. The molecule has 6 heteroatoms. The predicted molar refractivity (Wildman–Crippen MR) is 60.5 cm³/mol. The molecule has 0 saturated heterocycles. The third kappa shape index (κ3) is 2.06. The first kappa shape index (κ1) is 9.77. The Morgan fingerprint density at radius 2 is 2.38 bits per heavy atom. The third-order valence-electron chi connectivity index (χ3n) is 2.44. The van der Waals surface area contributed by atoms with Crippen LogP contribution in [0.15, 0.2) is 9.90 Å². The number of hydrogen-bond acceptors (Lipinski definition) is 6. The molecule has 1 saturated carbocycles. The topological polar surface area (TPSA) is 63.8 Å². The van der Waals surface area contributed by atoms with E-state index in [-0.39, 0.29) is 0 Å². The molecule has 0 amide bonds. The summed E-state index contributed by atoms with van der Waals surface area (Å²) in [5.41, 5.74) is 1.04. The van der Waals surface area contributed by atoms with E-state index in [2.05, 4.69) is 25.8 Å². The SMILES string of the molecule is Cc1noc(NCc2csc(C3CC3)n2)n1. The van der Waals surface area contributed by atoms with Gasteiger partial charge >= 0.3 is 6.01 Å². The molecule has 1 N–H and O–H groups in total. The summed E-state index contributed by atoms with van der Waals surface area (Å²) in [4.78, 5) is 8.63. The molecule has 16 heavy (non-hydrogen) atoms. The van der Waals surface area contributed by atoms with Crippen molar-refractivity contribution in [2.75, 3.05) is 5.32 Å². The maximum Gasteiger partial charge on any atom is 0.321 e. The summed E-state index contributed by atoms with van der Waals surface area (Å²) >= 11 is 1.74. The van der Waals surface area contributed by atoms with Crippen LogP contribution in [-0.4, -0.2) is 15.1 Å². The Morgan fingerprint density at radius 3 is 3.06 bits per heavy atom. The van der Waals surface area contributed by atoms with Crippen LogP contribution in [0.1, 0.15) is 35.3 Å². The van der Waals surface area contributed by atoms with Gasteiger partial charge in [-0.05, 0) is 19.8 Å². The predicted octanol–water partition coefficient (Wildman–Crippen LogP) is 2.32. The van der Waals surface area contributed by atoms with Crippen molar-refractivity contribution in [2.45, 2.75) is 32.2 Å². The Kier molecular flexibility index (Phi) is 2.36. The van der Waals surface area contributed by atoms with E-state index in [9.17, 15) is 0 Å². The van der Waals surface area contributed by atoms with Crippen molar-refractivity contribution in [1.82, 2.24) is 15.1 Å². The number of nitrogens with one attached hydrogen (secondary N) is 1. The minimum Gasteiger partial charge on any atom is -0.332 e. The van der Waals surface area contributed by atoms with Gasteiger partial charge in [-0.15, -0.1) is 11.3 Å². The van der Waals surface area contributed by atoms with Gasteiger partial charge in [-0.2, -0.15) is 4.98 Å². The molecular weight excluding hydrogens is 224 g/mol. The first-order valence-electron chi connectivity index (χ1n) is 5.30. The van der Waals surface area contributed by atoms with Gasteiger partial charge in [0.25, 0.3) is 0 Å². The van der Waals surface area contributed by atoms with Gasteiger partial charge in [0, 0.05) is 11.3 Å². The lowest BCUT2D eigenvalue weighted by Gasteiger charge is -1.95. The van der Waals surface area contributed by atoms with E-state index in [1.165, 1.54) is 17.8 Å². The van der Waals surface area contributed by atoms with Gasteiger partial charge in [-0.1, -0.05) is 5.16 Å². The number of aryl methyl sites for hydroxylation is 1. The first-order valence-corrected chi connectivity index (χ1v) is 6.18. The second kappa shape index (κ2) is 3.86. The average Bonchev–Trinajstić information content (AvgIpc) is 2.87. The Hall–Kier alpha value is -1.43. The summed E-state index contributed by atoms with van der Waals surface area (Å²) < 4.78 is 4.96. The van der Waals surface area contributed by atoms with Crippen LogP contribution in [0, 0.1) is 6.92 Å². The smallest absolute Gasteiger partial charge is 0.321 e. The quantitative estimate of drug-likeness (QED) is 0.882. The Labute approximate surface area is 96.9 Å². The maximum absolute atomic E-state index is 4.96. The molecule has 2 aromatic rings. The van der Waals surface area contributed by atoms with E-state index in [4.69, 9.17) is 4.52 Å². The van der Waals surface area contributed by atoms with E-state index in [1.54, 1.807) is 18.3 Å². The van der Waals surface area contributed by atoms with Crippen LogP contribution < -0.4 is 5.32 Å². The van der Waals surface area contributed by atoms with Crippen LogP contribution in [0.25, 0.3) is 0 Å². The van der Waals surface area contributed by atoms with Gasteiger partial charge in [0.2, 0.25) is 0 Å². The van der Waals surface area contributed by atoms with Crippen LogP contribution in [0.4, 0.5) is 6.01 Å². The molecule has 5 nitrogen and oxygen atoms in total. The van der Waals surface area contributed by atoms with Gasteiger partial charge in [-0.25, -0.2) is 4.98 Å². The molecule has 0 aromatic carbocycles. The van der Waals surface area contributed by atoms with Crippen LogP contribution in [0.2, 0.25) is 0 Å². The fraction of sp³-hybridized carbons (Fsp3) is 0.500. The second-order valence-corrected chi connectivity index (χ2v) is 4.84. The van der Waals surface area contributed by atoms with Gasteiger partial charge in [-0.3, -0.25) is 0 Å². The minimum atomic E-state index is 0.457. The lowest BCUT2D eigenvalue weighted by molar-refractivity contribution is 0.425. The van der Waals surface area contributed by atoms with Gasteiger partial charge < -0.3 is 9.84 Å². The van der Waals surface area contributed by atoms with Crippen LogP contribution in [-0.2, 0) is 6.54 Å². The summed E-state index contributed by atoms with van der Waals surface area (Å²) in [6, 6.07) is 0.457. The number of anilines is 1. The number of thiazole rings is 1. The highest BCUT2D eigenvalue weighted by Gasteiger charge is 2.26. The molecule has 3 rings (SSSR count). The van der Waals surface area contributed by atoms with E-state index >= 15 is 0 Å². The molecule has 84 valence electrons. The van der Waals surface area contributed by atoms with Crippen LogP contribution in [0.3, 0.4) is 0 Å². The third-order valence-corrected chi connectivity index (χ3v) is 3.50. The largest absolute Gasteiger partial charge is 0.332 e. The van der Waals surface area contributed by atoms with Crippen molar-refractivity contribution < 1.29 is 4.52 Å². The van der Waals surface area contributed by atoms with Crippen molar-refractivity contribution >= 4 is 17.4 Å². The maximum atomic E-state index is 4.96. The number of nitrogens with zero attached hydrogens (tertiary/aromatic N) is 3. The molecule has 0 atom stereocenters. The fourth-order valence-electron chi connectivity index (χ4n) is 1.46. The molecular formula is C10H12N4OS. The Bertz CT molecular complexity index is 488. The number of aromatic nitrogens is 3.